The summed E-state index contributed by atoms with van der Waals surface area (Å²) in [7, 11) is 3.16. The molecule has 1 amide bonds. The Kier molecular flexibility index (Phi) is 6.39. The molecule has 0 aliphatic heterocycles. The van der Waals surface area contributed by atoms with Crippen LogP contribution in [0.15, 0.2) is 83.8 Å². The summed E-state index contributed by atoms with van der Waals surface area (Å²) in [6.07, 6.45) is 0. The Morgan fingerprint density at radius 3 is 2.19 bits per heavy atom. The van der Waals surface area contributed by atoms with Gasteiger partial charge in [-0.3, -0.25) is 4.79 Å². The Bertz CT molecular complexity index is 885. The number of rotatable bonds is 7. The third kappa shape index (κ3) is 4.83. The summed E-state index contributed by atoms with van der Waals surface area (Å²) in [5.41, 5.74) is 1.52. The van der Waals surface area contributed by atoms with E-state index in [1.165, 1.54) is 11.8 Å². The number of thioether (sulfide) groups is 1. The van der Waals surface area contributed by atoms with E-state index in [1.807, 2.05) is 60.7 Å². The highest BCUT2D eigenvalue weighted by atomic mass is 32.2. The Morgan fingerprint density at radius 2 is 1.56 bits per heavy atom. The molecule has 27 heavy (non-hydrogen) atoms. The molecule has 0 fully saturated rings. The first-order valence-corrected chi connectivity index (χ1v) is 9.39. The van der Waals surface area contributed by atoms with Gasteiger partial charge in [0.2, 0.25) is 5.91 Å². The van der Waals surface area contributed by atoms with Crippen molar-refractivity contribution in [2.45, 2.75) is 10.1 Å². The number of hydrogen-bond donors (Lipinski definition) is 1. The number of anilines is 1. The number of hydrogen-bond acceptors (Lipinski definition) is 4. The van der Waals surface area contributed by atoms with Crippen molar-refractivity contribution in [3.05, 3.63) is 84.4 Å². The van der Waals surface area contributed by atoms with Gasteiger partial charge in [-0.25, -0.2) is 0 Å². The van der Waals surface area contributed by atoms with Crippen LogP contribution in [0.3, 0.4) is 0 Å². The largest absolute Gasteiger partial charge is 0.497 e. The van der Waals surface area contributed by atoms with Gasteiger partial charge in [0.25, 0.3) is 0 Å². The molecule has 1 atom stereocenters. The SMILES string of the molecule is COc1ccc(OC)c(NC(=O)[C@H](Sc2ccccc2)c2ccccc2)c1. The van der Waals surface area contributed by atoms with Gasteiger partial charge in [-0.05, 0) is 29.8 Å². The standard InChI is InChI=1S/C22H21NO3S/c1-25-17-13-14-20(26-2)19(15-17)23-22(24)21(16-9-5-3-6-10-16)27-18-11-7-4-8-12-18/h3-15,21H,1-2H3,(H,23,24)/t21-/m1/s1. The Balaban J connectivity index is 1.89. The second-order valence-corrected chi connectivity index (χ2v) is 6.96. The van der Waals surface area contributed by atoms with E-state index in [0.717, 1.165) is 10.5 Å². The molecule has 0 heterocycles. The van der Waals surface area contributed by atoms with Gasteiger partial charge in [-0.15, -0.1) is 11.8 Å². The number of benzene rings is 3. The highest BCUT2D eigenvalue weighted by Gasteiger charge is 2.23. The van der Waals surface area contributed by atoms with Crippen LogP contribution in [0.2, 0.25) is 0 Å². The molecule has 1 N–H and O–H groups in total. The molecule has 0 aliphatic rings. The maximum absolute atomic E-state index is 13.2. The lowest BCUT2D eigenvalue weighted by atomic mass is 10.1. The lowest BCUT2D eigenvalue weighted by molar-refractivity contribution is -0.115. The summed E-state index contributed by atoms with van der Waals surface area (Å²) in [4.78, 5) is 14.2. The lowest BCUT2D eigenvalue weighted by Gasteiger charge is -2.18. The molecule has 4 nitrogen and oxygen atoms in total. The van der Waals surface area contributed by atoms with E-state index in [9.17, 15) is 4.79 Å². The maximum atomic E-state index is 13.2. The average Bonchev–Trinajstić information content (AvgIpc) is 2.73. The molecule has 0 aromatic heterocycles. The summed E-state index contributed by atoms with van der Waals surface area (Å²) >= 11 is 1.51. The summed E-state index contributed by atoms with van der Waals surface area (Å²) in [6.45, 7) is 0. The molecular formula is C22H21NO3S. The van der Waals surface area contributed by atoms with Crippen LogP contribution in [0.1, 0.15) is 10.8 Å². The molecule has 3 aromatic carbocycles. The number of ether oxygens (including phenoxy) is 2. The number of nitrogens with one attached hydrogen (secondary N) is 1. The molecular weight excluding hydrogens is 358 g/mol. The molecule has 0 aliphatic carbocycles. The number of methoxy groups -OCH3 is 2. The first-order valence-electron chi connectivity index (χ1n) is 8.51. The van der Waals surface area contributed by atoms with E-state index >= 15 is 0 Å². The smallest absolute Gasteiger partial charge is 0.242 e. The highest BCUT2D eigenvalue weighted by Crippen LogP contribution is 2.37. The third-order valence-electron chi connectivity index (χ3n) is 4.00. The minimum atomic E-state index is -0.399. The molecule has 5 heteroatoms. The summed E-state index contributed by atoms with van der Waals surface area (Å²) in [6, 6.07) is 25.0. The fourth-order valence-electron chi connectivity index (χ4n) is 2.65. The fourth-order valence-corrected chi connectivity index (χ4v) is 3.69. The molecule has 3 rings (SSSR count). The molecule has 3 aromatic rings. The van der Waals surface area contributed by atoms with Crippen LogP contribution >= 0.6 is 11.8 Å². The summed E-state index contributed by atoms with van der Waals surface area (Å²) in [5.74, 6) is 1.11. The van der Waals surface area contributed by atoms with Gasteiger partial charge in [-0.1, -0.05) is 48.5 Å². The van der Waals surface area contributed by atoms with Crippen LogP contribution in [0, 0.1) is 0 Å². The fraction of sp³-hybridized carbons (Fsp3) is 0.136. The predicted octanol–water partition coefficient (Wildman–Crippen LogP) is 5.18. The van der Waals surface area contributed by atoms with Gasteiger partial charge >= 0.3 is 0 Å². The second-order valence-electron chi connectivity index (χ2n) is 5.78. The van der Waals surface area contributed by atoms with Crippen molar-refractivity contribution < 1.29 is 14.3 Å². The molecule has 0 spiro atoms. The van der Waals surface area contributed by atoms with Gasteiger partial charge < -0.3 is 14.8 Å². The Morgan fingerprint density at radius 1 is 0.889 bits per heavy atom. The van der Waals surface area contributed by atoms with Crippen LogP contribution in [0.4, 0.5) is 5.69 Å². The average molecular weight is 379 g/mol. The van der Waals surface area contributed by atoms with Crippen LogP contribution < -0.4 is 14.8 Å². The zero-order chi connectivity index (χ0) is 19.1. The maximum Gasteiger partial charge on any atom is 0.242 e. The third-order valence-corrected chi connectivity index (χ3v) is 5.27. The van der Waals surface area contributed by atoms with Crippen molar-refractivity contribution in [2.24, 2.45) is 0 Å². The van der Waals surface area contributed by atoms with Gasteiger partial charge in [0.1, 0.15) is 16.7 Å². The predicted molar refractivity (Wildman–Crippen MR) is 110 cm³/mol. The summed E-state index contributed by atoms with van der Waals surface area (Å²) in [5, 5.41) is 2.59. The molecule has 0 saturated heterocycles. The van der Waals surface area contributed by atoms with Crippen molar-refractivity contribution >= 4 is 23.4 Å². The Hall–Kier alpha value is -2.92. The highest BCUT2D eigenvalue weighted by molar-refractivity contribution is 8.00. The van der Waals surface area contributed by atoms with E-state index in [2.05, 4.69) is 5.32 Å². The molecule has 138 valence electrons. The monoisotopic (exact) mass is 379 g/mol. The van der Waals surface area contributed by atoms with Crippen LogP contribution in [0.5, 0.6) is 11.5 Å². The van der Waals surface area contributed by atoms with Crippen molar-refractivity contribution in [1.29, 1.82) is 0 Å². The van der Waals surface area contributed by atoms with Gasteiger partial charge in [0.15, 0.2) is 0 Å². The minimum Gasteiger partial charge on any atom is -0.497 e. The lowest BCUT2D eigenvalue weighted by Crippen LogP contribution is -2.19. The van der Waals surface area contributed by atoms with E-state index in [4.69, 9.17) is 9.47 Å². The zero-order valence-electron chi connectivity index (χ0n) is 15.2. The first-order chi connectivity index (χ1) is 13.2. The number of amides is 1. The Labute approximate surface area is 163 Å². The van der Waals surface area contributed by atoms with Crippen molar-refractivity contribution in [1.82, 2.24) is 0 Å². The van der Waals surface area contributed by atoms with Crippen LogP contribution in [-0.2, 0) is 4.79 Å². The molecule has 0 bridgehead atoms. The molecule has 0 radical (unpaired) electrons. The molecule has 0 saturated carbocycles. The van der Waals surface area contributed by atoms with Crippen LogP contribution in [0.25, 0.3) is 0 Å². The minimum absolute atomic E-state index is 0.124. The van der Waals surface area contributed by atoms with E-state index < -0.39 is 5.25 Å². The van der Waals surface area contributed by atoms with E-state index in [1.54, 1.807) is 32.4 Å². The van der Waals surface area contributed by atoms with Crippen LogP contribution in [-0.4, -0.2) is 20.1 Å². The van der Waals surface area contributed by atoms with Gasteiger partial charge in [0, 0.05) is 11.0 Å². The van der Waals surface area contributed by atoms with Crippen molar-refractivity contribution in [3.8, 4) is 11.5 Å². The quantitative estimate of drug-likeness (QED) is 0.575. The summed E-state index contributed by atoms with van der Waals surface area (Å²) < 4.78 is 10.6. The zero-order valence-corrected chi connectivity index (χ0v) is 16.0. The van der Waals surface area contributed by atoms with Gasteiger partial charge in [-0.2, -0.15) is 0 Å². The normalized spacial score (nSPS) is 11.5. The van der Waals surface area contributed by atoms with Crippen molar-refractivity contribution in [3.63, 3.8) is 0 Å². The second kappa shape index (κ2) is 9.14. The number of carbonyl (C=O) groups is 1. The van der Waals surface area contributed by atoms with E-state index in [-0.39, 0.29) is 5.91 Å². The number of carbonyl (C=O) groups excluding carboxylic acids is 1. The first kappa shape index (κ1) is 18.9. The van der Waals surface area contributed by atoms with Gasteiger partial charge in [0.05, 0.1) is 19.9 Å². The molecule has 0 unspecified atom stereocenters. The topological polar surface area (TPSA) is 47.6 Å². The van der Waals surface area contributed by atoms with Crippen molar-refractivity contribution in [2.75, 3.05) is 19.5 Å². The van der Waals surface area contributed by atoms with E-state index in [0.29, 0.717) is 17.2 Å².